The highest BCUT2D eigenvalue weighted by Crippen LogP contribution is 2.17. The average Bonchev–Trinajstić information content (AvgIpc) is 2.37. The van der Waals surface area contributed by atoms with Gasteiger partial charge in [0, 0.05) is 18.2 Å². The maximum Gasteiger partial charge on any atom is 0.269 e. The van der Waals surface area contributed by atoms with E-state index in [0.29, 0.717) is 5.75 Å². The van der Waals surface area contributed by atoms with E-state index in [9.17, 15) is 14.9 Å². The lowest BCUT2D eigenvalue weighted by Crippen LogP contribution is -2.35. The maximum atomic E-state index is 11.5. The average molecular weight is 266 g/mol. The van der Waals surface area contributed by atoms with Gasteiger partial charge in [-0.3, -0.25) is 14.9 Å². The second-order valence-electron chi connectivity index (χ2n) is 4.30. The Labute approximate surface area is 111 Å². The van der Waals surface area contributed by atoms with Crippen molar-refractivity contribution in [3.8, 4) is 5.75 Å². The lowest BCUT2D eigenvalue weighted by atomic mass is 10.2. The van der Waals surface area contributed by atoms with Gasteiger partial charge in [-0.05, 0) is 25.5 Å². The first kappa shape index (κ1) is 14.9. The molecule has 1 aromatic rings. The molecule has 0 aliphatic heterocycles. The molecule has 0 saturated heterocycles. The van der Waals surface area contributed by atoms with Crippen LogP contribution in [0.3, 0.4) is 0 Å². The highest BCUT2D eigenvalue weighted by Gasteiger charge is 2.08. The van der Waals surface area contributed by atoms with Crippen LogP contribution in [0.2, 0.25) is 0 Å². The minimum Gasteiger partial charge on any atom is -0.484 e. The molecule has 0 radical (unpaired) electrons. The normalized spacial score (nSPS) is 11.7. The summed E-state index contributed by atoms with van der Waals surface area (Å²) in [5.74, 6) is 0.239. The second-order valence-corrected chi connectivity index (χ2v) is 4.30. The first-order chi connectivity index (χ1) is 9.02. The number of nitrogens with zero attached hydrogens (tertiary/aromatic N) is 1. The molecule has 0 spiro atoms. The van der Waals surface area contributed by atoms with E-state index in [2.05, 4.69) is 12.2 Å². The van der Waals surface area contributed by atoms with E-state index in [4.69, 9.17) is 4.74 Å². The van der Waals surface area contributed by atoms with E-state index in [0.717, 1.165) is 12.8 Å². The largest absolute Gasteiger partial charge is 0.484 e. The number of carbonyl (C=O) groups is 1. The molecule has 1 atom stereocenters. The van der Waals surface area contributed by atoms with Crippen LogP contribution in [0, 0.1) is 10.1 Å². The van der Waals surface area contributed by atoms with Crippen LogP contribution in [-0.4, -0.2) is 23.5 Å². The van der Waals surface area contributed by atoms with Gasteiger partial charge in [-0.2, -0.15) is 0 Å². The quantitative estimate of drug-likeness (QED) is 0.606. The van der Waals surface area contributed by atoms with E-state index in [1.165, 1.54) is 24.3 Å². The highest BCUT2D eigenvalue weighted by atomic mass is 16.6. The number of carbonyl (C=O) groups excluding carboxylic acids is 1. The van der Waals surface area contributed by atoms with Crippen molar-refractivity contribution in [2.75, 3.05) is 6.61 Å². The minimum atomic E-state index is -0.483. The monoisotopic (exact) mass is 266 g/mol. The van der Waals surface area contributed by atoms with E-state index >= 15 is 0 Å². The molecule has 104 valence electrons. The Bertz CT molecular complexity index is 431. The predicted octanol–water partition coefficient (Wildman–Crippen LogP) is 2.28. The number of non-ortho nitro benzene ring substituents is 1. The zero-order valence-corrected chi connectivity index (χ0v) is 11.1. The van der Waals surface area contributed by atoms with Gasteiger partial charge >= 0.3 is 0 Å². The van der Waals surface area contributed by atoms with Gasteiger partial charge in [0.1, 0.15) is 5.75 Å². The summed E-state index contributed by atoms with van der Waals surface area (Å²) in [6.45, 7) is 3.90. The summed E-state index contributed by atoms with van der Waals surface area (Å²) in [6.07, 6.45) is 1.92. The van der Waals surface area contributed by atoms with Gasteiger partial charge in [0.25, 0.3) is 11.6 Å². The van der Waals surface area contributed by atoms with Crippen molar-refractivity contribution in [2.45, 2.75) is 32.7 Å². The fraction of sp³-hybridized carbons (Fsp3) is 0.462. The van der Waals surface area contributed by atoms with Crippen molar-refractivity contribution < 1.29 is 14.5 Å². The predicted molar refractivity (Wildman–Crippen MR) is 71.1 cm³/mol. The summed E-state index contributed by atoms with van der Waals surface area (Å²) in [5, 5.41) is 13.3. The van der Waals surface area contributed by atoms with Crippen molar-refractivity contribution in [1.82, 2.24) is 5.32 Å². The SMILES string of the molecule is CCCC(C)NC(=O)COc1ccc([N+](=O)[O-])cc1. The Morgan fingerprint density at radius 2 is 2.05 bits per heavy atom. The van der Waals surface area contributed by atoms with Gasteiger partial charge in [0.05, 0.1) is 4.92 Å². The second kappa shape index (κ2) is 7.35. The van der Waals surface area contributed by atoms with Crippen LogP contribution in [0.4, 0.5) is 5.69 Å². The number of hydrogen-bond donors (Lipinski definition) is 1. The lowest BCUT2D eigenvalue weighted by molar-refractivity contribution is -0.384. The summed E-state index contributed by atoms with van der Waals surface area (Å²) in [7, 11) is 0. The molecule has 0 aromatic heterocycles. The molecule has 0 aliphatic carbocycles. The molecule has 6 nitrogen and oxygen atoms in total. The zero-order valence-electron chi connectivity index (χ0n) is 11.1. The molecule has 0 aliphatic rings. The number of nitro benzene ring substituents is 1. The summed E-state index contributed by atoms with van der Waals surface area (Å²) in [4.78, 5) is 21.5. The molecule has 0 heterocycles. The van der Waals surface area contributed by atoms with Crippen LogP contribution in [0.5, 0.6) is 5.75 Å². The number of ether oxygens (including phenoxy) is 1. The third-order valence-electron chi connectivity index (χ3n) is 2.55. The van der Waals surface area contributed by atoms with Crippen LogP contribution in [0.15, 0.2) is 24.3 Å². The molecule has 1 amide bonds. The number of benzene rings is 1. The van der Waals surface area contributed by atoms with Crippen LogP contribution >= 0.6 is 0 Å². The van der Waals surface area contributed by atoms with Crippen LogP contribution in [0.25, 0.3) is 0 Å². The zero-order chi connectivity index (χ0) is 14.3. The van der Waals surface area contributed by atoms with Crippen molar-refractivity contribution in [2.24, 2.45) is 0 Å². The topological polar surface area (TPSA) is 81.5 Å². The number of rotatable bonds is 7. The Kier molecular flexibility index (Phi) is 5.78. The Balaban J connectivity index is 2.39. The van der Waals surface area contributed by atoms with Crippen molar-refractivity contribution in [3.63, 3.8) is 0 Å². The van der Waals surface area contributed by atoms with E-state index in [1.807, 2.05) is 6.92 Å². The van der Waals surface area contributed by atoms with Gasteiger partial charge in [-0.1, -0.05) is 13.3 Å². The van der Waals surface area contributed by atoms with Crippen molar-refractivity contribution in [1.29, 1.82) is 0 Å². The Morgan fingerprint density at radius 1 is 1.42 bits per heavy atom. The number of amides is 1. The Hall–Kier alpha value is -2.11. The van der Waals surface area contributed by atoms with Crippen molar-refractivity contribution in [3.05, 3.63) is 34.4 Å². The first-order valence-electron chi connectivity index (χ1n) is 6.19. The molecule has 0 fully saturated rings. The van der Waals surface area contributed by atoms with Gasteiger partial charge in [0.15, 0.2) is 6.61 Å². The highest BCUT2D eigenvalue weighted by molar-refractivity contribution is 5.77. The smallest absolute Gasteiger partial charge is 0.269 e. The third kappa shape index (κ3) is 5.37. The summed E-state index contributed by atoms with van der Waals surface area (Å²) in [6, 6.07) is 5.75. The van der Waals surface area contributed by atoms with Crippen molar-refractivity contribution >= 4 is 11.6 Å². The standard InChI is InChI=1S/C13H18N2O4/c1-3-4-10(2)14-13(16)9-19-12-7-5-11(6-8-12)15(17)18/h5-8,10H,3-4,9H2,1-2H3,(H,14,16). The number of nitro groups is 1. The molecule has 1 aromatic carbocycles. The molecule has 0 saturated carbocycles. The third-order valence-corrected chi connectivity index (χ3v) is 2.55. The van der Waals surface area contributed by atoms with Crippen LogP contribution in [-0.2, 0) is 4.79 Å². The molecule has 0 bridgehead atoms. The summed E-state index contributed by atoms with van der Waals surface area (Å²) in [5.41, 5.74) is -0.00614. The van der Waals surface area contributed by atoms with Gasteiger partial charge in [-0.25, -0.2) is 0 Å². The molecule has 1 rings (SSSR count). The van der Waals surface area contributed by atoms with Gasteiger partial charge < -0.3 is 10.1 Å². The van der Waals surface area contributed by atoms with Gasteiger partial charge in [0.2, 0.25) is 0 Å². The first-order valence-corrected chi connectivity index (χ1v) is 6.19. The Morgan fingerprint density at radius 3 is 2.58 bits per heavy atom. The molecule has 6 heteroatoms. The molecule has 1 unspecified atom stereocenters. The molecule has 1 N–H and O–H groups in total. The minimum absolute atomic E-state index is 0.00614. The van der Waals surface area contributed by atoms with Gasteiger partial charge in [-0.15, -0.1) is 0 Å². The molecular weight excluding hydrogens is 248 g/mol. The maximum absolute atomic E-state index is 11.5. The number of hydrogen-bond acceptors (Lipinski definition) is 4. The van der Waals surface area contributed by atoms with Crippen LogP contribution in [0.1, 0.15) is 26.7 Å². The van der Waals surface area contributed by atoms with E-state index < -0.39 is 4.92 Å². The molecular formula is C13H18N2O4. The van der Waals surface area contributed by atoms with E-state index in [-0.39, 0.29) is 24.2 Å². The van der Waals surface area contributed by atoms with E-state index in [1.54, 1.807) is 0 Å². The molecule has 19 heavy (non-hydrogen) atoms. The fourth-order valence-corrected chi connectivity index (χ4v) is 1.63. The van der Waals surface area contributed by atoms with Crippen LogP contribution < -0.4 is 10.1 Å². The fourth-order valence-electron chi connectivity index (χ4n) is 1.63. The number of nitrogens with one attached hydrogen (secondary N) is 1. The summed E-state index contributed by atoms with van der Waals surface area (Å²) < 4.78 is 5.25. The lowest BCUT2D eigenvalue weighted by Gasteiger charge is -2.13. The summed E-state index contributed by atoms with van der Waals surface area (Å²) >= 11 is 0.